The molecule has 0 fully saturated rings. The van der Waals surface area contributed by atoms with Gasteiger partial charge in [-0.05, 0) is 23.8 Å². The molecule has 0 aliphatic heterocycles. The van der Waals surface area contributed by atoms with Crippen molar-refractivity contribution in [1.29, 1.82) is 0 Å². The summed E-state index contributed by atoms with van der Waals surface area (Å²) in [6, 6.07) is 10.9. The minimum Gasteiger partial charge on any atom is -0.321 e. The van der Waals surface area contributed by atoms with Gasteiger partial charge in [0.15, 0.2) is 0 Å². The fraction of sp³-hybridized carbons (Fsp3) is 0.0714. The van der Waals surface area contributed by atoms with Crippen LogP contribution >= 0.6 is 23.2 Å². The SMILES string of the molecule is O=C(Nc1ccccc1CCl)c1ccc(Cl)cc1[N+](=O)[O-]. The van der Waals surface area contributed by atoms with Crippen LogP contribution in [-0.2, 0) is 5.88 Å². The molecule has 0 aliphatic carbocycles. The molecule has 21 heavy (non-hydrogen) atoms. The number of nitro benzene ring substituents is 1. The molecular formula is C14H10Cl2N2O3. The molecule has 0 radical (unpaired) electrons. The Morgan fingerprint density at radius 2 is 1.95 bits per heavy atom. The number of para-hydroxylation sites is 1. The maximum absolute atomic E-state index is 12.2. The second-order valence-corrected chi connectivity index (χ2v) is 4.87. The fourth-order valence-electron chi connectivity index (χ4n) is 1.80. The van der Waals surface area contributed by atoms with Gasteiger partial charge in [-0.15, -0.1) is 11.6 Å². The van der Waals surface area contributed by atoms with Crippen LogP contribution in [0, 0.1) is 10.1 Å². The lowest BCUT2D eigenvalue weighted by molar-refractivity contribution is -0.385. The van der Waals surface area contributed by atoms with E-state index in [-0.39, 0.29) is 22.2 Å². The number of carbonyl (C=O) groups excluding carboxylic acids is 1. The number of benzene rings is 2. The molecule has 1 amide bonds. The number of hydrogen-bond donors (Lipinski definition) is 1. The third-order valence-electron chi connectivity index (χ3n) is 2.81. The molecule has 0 saturated heterocycles. The van der Waals surface area contributed by atoms with E-state index in [1.165, 1.54) is 12.1 Å². The summed E-state index contributed by atoms with van der Waals surface area (Å²) < 4.78 is 0. The number of anilines is 1. The number of nitro groups is 1. The third-order valence-corrected chi connectivity index (χ3v) is 3.33. The second kappa shape index (κ2) is 6.56. The molecule has 2 aromatic rings. The molecule has 5 nitrogen and oxygen atoms in total. The number of carbonyl (C=O) groups is 1. The smallest absolute Gasteiger partial charge is 0.283 e. The lowest BCUT2D eigenvalue weighted by Gasteiger charge is -2.09. The van der Waals surface area contributed by atoms with Crippen LogP contribution in [0.15, 0.2) is 42.5 Å². The highest BCUT2D eigenvalue weighted by atomic mass is 35.5. The maximum atomic E-state index is 12.2. The molecule has 0 unspecified atom stereocenters. The van der Waals surface area contributed by atoms with Crippen LogP contribution in [0.2, 0.25) is 5.02 Å². The topological polar surface area (TPSA) is 72.2 Å². The third kappa shape index (κ3) is 3.51. The second-order valence-electron chi connectivity index (χ2n) is 4.16. The Kier molecular flexibility index (Phi) is 4.77. The minimum atomic E-state index is -0.645. The first-order valence-electron chi connectivity index (χ1n) is 5.92. The molecule has 0 aromatic heterocycles. The minimum absolute atomic E-state index is 0.0613. The number of rotatable bonds is 4. The average molecular weight is 325 g/mol. The number of hydrogen-bond acceptors (Lipinski definition) is 3. The highest BCUT2D eigenvalue weighted by Gasteiger charge is 2.21. The van der Waals surface area contributed by atoms with Gasteiger partial charge in [-0.25, -0.2) is 0 Å². The monoisotopic (exact) mass is 324 g/mol. The van der Waals surface area contributed by atoms with Gasteiger partial charge in [-0.3, -0.25) is 14.9 Å². The Bertz CT molecular complexity index is 704. The summed E-state index contributed by atoms with van der Waals surface area (Å²) in [5.74, 6) is -0.366. The summed E-state index contributed by atoms with van der Waals surface area (Å²) in [4.78, 5) is 22.6. The first-order valence-corrected chi connectivity index (χ1v) is 6.83. The molecule has 0 spiro atoms. The molecule has 2 rings (SSSR count). The van der Waals surface area contributed by atoms with Crippen LogP contribution in [-0.4, -0.2) is 10.8 Å². The zero-order valence-corrected chi connectivity index (χ0v) is 12.2. The summed E-state index contributed by atoms with van der Waals surface area (Å²) in [6.45, 7) is 0. The molecule has 7 heteroatoms. The molecule has 0 aliphatic rings. The summed E-state index contributed by atoms with van der Waals surface area (Å²) in [7, 11) is 0. The molecule has 0 heterocycles. The standard InChI is InChI=1S/C14H10Cl2N2O3/c15-8-9-3-1-2-4-12(9)17-14(19)11-6-5-10(16)7-13(11)18(20)21/h1-7H,8H2,(H,17,19). The van der Waals surface area contributed by atoms with Crippen molar-refractivity contribution in [3.8, 4) is 0 Å². The molecule has 2 aromatic carbocycles. The number of amides is 1. The molecule has 1 N–H and O–H groups in total. The zero-order chi connectivity index (χ0) is 15.4. The largest absolute Gasteiger partial charge is 0.321 e. The van der Waals surface area contributed by atoms with Crippen molar-refractivity contribution in [2.75, 3.05) is 5.32 Å². The first kappa shape index (κ1) is 15.3. The van der Waals surface area contributed by atoms with Crippen molar-refractivity contribution in [3.63, 3.8) is 0 Å². The van der Waals surface area contributed by atoms with Gasteiger partial charge >= 0.3 is 0 Å². The number of nitrogens with zero attached hydrogens (tertiary/aromatic N) is 1. The lowest BCUT2D eigenvalue weighted by Crippen LogP contribution is -2.15. The van der Waals surface area contributed by atoms with Crippen LogP contribution in [0.3, 0.4) is 0 Å². The van der Waals surface area contributed by atoms with Gasteiger partial charge < -0.3 is 5.32 Å². The summed E-state index contributed by atoms with van der Waals surface area (Å²) in [5, 5.41) is 13.8. The maximum Gasteiger partial charge on any atom is 0.283 e. The average Bonchev–Trinajstić information content (AvgIpc) is 2.47. The Labute approximate surface area is 130 Å². The predicted molar refractivity (Wildman–Crippen MR) is 82.1 cm³/mol. The molecule has 108 valence electrons. The van der Waals surface area contributed by atoms with E-state index in [1.54, 1.807) is 24.3 Å². The molecule has 0 atom stereocenters. The summed E-state index contributed by atoms with van der Waals surface area (Å²) in [6.07, 6.45) is 0. The van der Waals surface area contributed by atoms with Crippen LogP contribution < -0.4 is 5.32 Å². The van der Waals surface area contributed by atoms with Gasteiger partial charge in [0.05, 0.1) is 4.92 Å². The van der Waals surface area contributed by atoms with E-state index in [0.29, 0.717) is 5.69 Å². The predicted octanol–water partition coefficient (Wildman–Crippen LogP) is 4.24. The highest BCUT2D eigenvalue weighted by Crippen LogP contribution is 2.25. The van der Waals surface area contributed by atoms with Crippen molar-refractivity contribution >= 4 is 40.5 Å². The van der Waals surface area contributed by atoms with Crippen molar-refractivity contribution in [2.45, 2.75) is 5.88 Å². The van der Waals surface area contributed by atoms with E-state index < -0.39 is 10.8 Å². The summed E-state index contributed by atoms with van der Waals surface area (Å²) in [5.41, 5.74) is 0.836. The fourth-order valence-corrected chi connectivity index (χ4v) is 2.20. The molecule has 0 saturated carbocycles. The molecular weight excluding hydrogens is 315 g/mol. The van der Waals surface area contributed by atoms with E-state index in [4.69, 9.17) is 23.2 Å². The normalized spacial score (nSPS) is 10.2. The van der Waals surface area contributed by atoms with Gasteiger partial charge in [0.25, 0.3) is 11.6 Å². The Balaban J connectivity index is 2.35. The van der Waals surface area contributed by atoms with Gasteiger partial charge in [0, 0.05) is 22.7 Å². The van der Waals surface area contributed by atoms with Crippen LogP contribution in [0.5, 0.6) is 0 Å². The Morgan fingerprint density at radius 1 is 1.24 bits per heavy atom. The van der Waals surface area contributed by atoms with Crippen molar-refractivity contribution < 1.29 is 9.72 Å². The van der Waals surface area contributed by atoms with Gasteiger partial charge in [0.2, 0.25) is 0 Å². The number of alkyl halides is 1. The van der Waals surface area contributed by atoms with Crippen LogP contribution in [0.25, 0.3) is 0 Å². The molecule has 0 bridgehead atoms. The summed E-state index contributed by atoms with van der Waals surface area (Å²) >= 11 is 11.5. The van der Waals surface area contributed by atoms with E-state index >= 15 is 0 Å². The van der Waals surface area contributed by atoms with Crippen molar-refractivity contribution in [3.05, 3.63) is 68.7 Å². The Hall–Kier alpha value is -2.11. The highest BCUT2D eigenvalue weighted by molar-refractivity contribution is 6.31. The van der Waals surface area contributed by atoms with E-state index in [0.717, 1.165) is 11.6 Å². The van der Waals surface area contributed by atoms with Gasteiger partial charge in [0.1, 0.15) is 5.56 Å². The number of nitrogens with one attached hydrogen (secondary N) is 1. The van der Waals surface area contributed by atoms with Crippen LogP contribution in [0.4, 0.5) is 11.4 Å². The van der Waals surface area contributed by atoms with Crippen molar-refractivity contribution in [1.82, 2.24) is 0 Å². The first-order chi connectivity index (χ1) is 10.0. The van der Waals surface area contributed by atoms with E-state index in [9.17, 15) is 14.9 Å². The number of halogens is 2. The van der Waals surface area contributed by atoms with E-state index in [2.05, 4.69) is 5.32 Å². The van der Waals surface area contributed by atoms with Gasteiger partial charge in [-0.2, -0.15) is 0 Å². The van der Waals surface area contributed by atoms with Crippen molar-refractivity contribution in [2.24, 2.45) is 0 Å². The van der Waals surface area contributed by atoms with Gasteiger partial charge in [-0.1, -0.05) is 29.8 Å². The quantitative estimate of drug-likeness (QED) is 0.519. The van der Waals surface area contributed by atoms with Crippen LogP contribution in [0.1, 0.15) is 15.9 Å². The zero-order valence-electron chi connectivity index (χ0n) is 10.7. The lowest BCUT2D eigenvalue weighted by atomic mass is 10.1. The van der Waals surface area contributed by atoms with E-state index in [1.807, 2.05) is 0 Å². The Morgan fingerprint density at radius 3 is 2.62 bits per heavy atom.